The average Bonchev–Trinajstić information content (AvgIpc) is 2.66. The van der Waals surface area contributed by atoms with Gasteiger partial charge in [0, 0.05) is 33.9 Å². The van der Waals surface area contributed by atoms with Crippen molar-refractivity contribution >= 4 is 29.9 Å². The topological polar surface area (TPSA) is 54.9 Å². The average molecular weight is 475 g/mol. The molecule has 1 fully saturated rings. The van der Waals surface area contributed by atoms with E-state index in [-0.39, 0.29) is 24.0 Å². The maximum Gasteiger partial charge on any atom is 0.191 e. The molecule has 0 unspecified atom stereocenters. The van der Waals surface area contributed by atoms with Crippen LogP contribution in [0.2, 0.25) is 0 Å². The number of hydrogen-bond acceptors (Lipinski definition) is 3. The molecular formula is C20H34IN3O2. The number of rotatable bonds is 9. The Hall–Kier alpha value is -0.860. The van der Waals surface area contributed by atoms with Gasteiger partial charge in [-0.05, 0) is 30.4 Å². The van der Waals surface area contributed by atoms with Crippen LogP contribution in [0.15, 0.2) is 29.3 Å². The van der Waals surface area contributed by atoms with Gasteiger partial charge >= 0.3 is 0 Å². The number of ether oxygens (including phenoxy) is 2. The molecule has 2 N–H and O–H groups in total. The van der Waals surface area contributed by atoms with Gasteiger partial charge < -0.3 is 20.1 Å². The van der Waals surface area contributed by atoms with E-state index in [1.165, 1.54) is 43.2 Å². The first-order valence-corrected chi connectivity index (χ1v) is 9.45. The molecule has 6 heteroatoms. The highest BCUT2D eigenvalue weighted by molar-refractivity contribution is 14.0. The largest absolute Gasteiger partial charge is 0.380 e. The summed E-state index contributed by atoms with van der Waals surface area (Å²) in [4.78, 5) is 4.29. The molecular weight excluding hydrogens is 441 g/mol. The smallest absolute Gasteiger partial charge is 0.191 e. The molecule has 26 heavy (non-hydrogen) atoms. The van der Waals surface area contributed by atoms with E-state index >= 15 is 0 Å². The molecule has 0 saturated heterocycles. The Morgan fingerprint density at radius 3 is 2.54 bits per heavy atom. The van der Waals surface area contributed by atoms with Crippen LogP contribution in [0.3, 0.4) is 0 Å². The number of methoxy groups -OCH3 is 1. The molecule has 0 amide bonds. The SMILES string of the molecule is CN=C(NCCCOC1CCCCC1)NCc1ccccc1COC.I. The van der Waals surface area contributed by atoms with Gasteiger partial charge in [-0.3, -0.25) is 4.99 Å². The zero-order chi connectivity index (χ0) is 17.7. The summed E-state index contributed by atoms with van der Waals surface area (Å²) in [7, 11) is 3.52. The molecule has 0 atom stereocenters. The lowest BCUT2D eigenvalue weighted by Crippen LogP contribution is -2.37. The number of benzene rings is 1. The predicted octanol–water partition coefficient (Wildman–Crippen LogP) is 3.86. The van der Waals surface area contributed by atoms with E-state index in [4.69, 9.17) is 9.47 Å². The summed E-state index contributed by atoms with van der Waals surface area (Å²) in [5.41, 5.74) is 2.43. The minimum Gasteiger partial charge on any atom is -0.380 e. The first-order chi connectivity index (χ1) is 12.3. The molecule has 2 rings (SSSR count). The summed E-state index contributed by atoms with van der Waals surface area (Å²) in [5, 5.41) is 6.72. The van der Waals surface area contributed by atoms with E-state index in [9.17, 15) is 0 Å². The van der Waals surface area contributed by atoms with Crippen molar-refractivity contribution < 1.29 is 9.47 Å². The fraction of sp³-hybridized carbons (Fsp3) is 0.650. The molecule has 0 aromatic heterocycles. The lowest BCUT2D eigenvalue weighted by molar-refractivity contribution is 0.0277. The molecule has 1 aromatic rings. The van der Waals surface area contributed by atoms with E-state index in [1.807, 2.05) is 6.07 Å². The van der Waals surface area contributed by atoms with Crippen LogP contribution in [0.25, 0.3) is 0 Å². The van der Waals surface area contributed by atoms with Crippen LogP contribution in [0, 0.1) is 0 Å². The molecule has 0 radical (unpaired) electrons. The standard InChI is InChI=1S/C20H33N3O2.HI/c1-21-20(22-13-8-14-25-19-11-4-3-5-12-19)23-15-17-9-6-7-10-18(17)16-24-2;/h6-7,9-10,19H,3-5,8,11-16H2,1-2H3,(H2,21,22,23);1H. The fourth-order valence-corrected chi connectivity index (χ4v) is 3.19. The van der Waals surface area contributed by atoms with Gasteiger partial charge in [0.1, 0.15) is 0 Å². The lowest BCUT2D eigenvalue weighted by Gasteiger charge is -2.22. The molecule has 5 nitrogen and oxygen atoms in total. The number of halogens is 1. The summed E-state index contributed by atoms with van der Waals surface area (Å²) in [5.74, 6) is 0.824. The first-order valence-electron chi connectivity index (χ1n) is 9.45. The van der Waals surface area contributed by atoms with Crippen molar-refractivity contribution in [2.75, 3.05) is 27.3 Å². The molecule has 0 heterocycles. The predicted molar refractivity (Wildman–Crippen MR) is 118 cm³/mol. The fourth-order valence-electron chi connectivity index (χ4n) is 3.19. The van der Waals surface area contributed by atoms with Crippen molar-refractivity contribution in [2.45, 2.75) is 57.8 Å². The Morgan fingerprint density at radius 2 is 1.85 bits per heavy atom. The van der Waals surface area contributed by atoms with Crippen molar-refractivity contribution in [3.8, 4) is 0 Å². The van der Waals surface area contributed by atoms with Gasteiger partial charge in [-0.1, -0.05) is 43.5 Å². The van der Waals surface area contributed by atoms with Gasteiger partial charge in [-0.25, -0.2) is 0 Å². The molecule has 148 valence electrons. The minimum atomic E-state index is 0. The normalized spacial score (nSPS) is 15.4. The van der Waals surface area contributed by atoms with E-state index in [2.05, 4.69) is 33.8 Å². The van der Waals surface area contributed by atoms with Gasteiger partial charge in [-0.15, -0.1) is 24.0 Å². The van der Waals surface area contributed by atoms with Crippen LogP contribution in [-0.2, 0) is 22.6 Å². The third kappa shape index (κ3) is 8.68. The maximum atomic E-state index is 5.96. The molecule has 1 aliphatic rings. The monoisotopic (exact) mass is 475 g/mol. The molecule has 1 saturated carbocycles. The van der Waals surface area contributed by atoms with Crippen molar-refractivity contribution in [3.63, 3.8) is 0 Å². The van der Waals surface area contributed by atoms with Crippen LogP contribution < -0.4 is 10.6 Å². The van der Waals surface area contributed by atoms with Crippen LogP contribution >= 0.6 is 24.0 Å². The molecule has 1 aliphatic carbocycles. The molecule has 0 bridgehead atoms. The van der Waals surface area contributed by atoms with E-state index in [1.54, 1.807) is 14.2 Å². The van der Waals surface area contributed by atoms with Crippen molar-refractivity contribution in [1.29, 1.82) is 0 Å². The second-order valence-electron chi connectivity index (χ2n) is 6.54. The minimum absolute atomic E-state index is 0. The van der Waals surface area contributed by atoms with Crippen molar-refractivity contribution in [3.05, 3.63) is 35.4 Å². The quantitative estimate of drug-likeness (QED) is 0.247. The molecule has 0 aliphatic heterocycles. The molecule has 0 spiro atoms. The van der Waals surface area contributed by atoms with Gasteiger partial charge in [0.25, 0.3) is 0 Å². The Kier molecular flexibility index (Phi) is 12.7. The highest BCUT2D eigenvalue weighted by atomic mass is 127. The van der Waals surface area contributed by atoms with Crippen molar-refractivity contribution in [1.82, 2.24) is 10.6 Å². The summed E-state index contributed by atoms with van der Waals surface area (Å²) in [6.07, 6.45) is 7.97. The second kappa shape index (κ2) is 14.2. The number of aliphatic imine (C=N–C) groups is 1. The lowest BCUT2D eigenvalue weighted by atomic mass is 9.98. The number of guanidine groups is 1. The Labute approximate surface area is 175 Å². The van der Waals surface area contributed by atoms with E-state index < -0.39 is 0 Å². The van der Waals surface area contributed by atoms with Gasteiger partial charge in [0.15, 0.2) is 5.96 Å². The summed E-state index contributed by atoms with van der Waals surface area (Å²) < 4.78 is 11.2. The van der Waals surface area contributed by atoms with Gasteiger partial charge in [0.2, 0.25) is 0 Å². The Bertz CT molecular complexity index is 520. The van der Waals surface area contributed by atoms with Crippen LogP contribution in [0.5, 0.6) is 0 Å². The van der Waals surface area contributed by atoms with Crippen LogP contribution in [-0.4, -0.2) is 39.4 Å². The van der Waals surface area contributed by atoms with Gasteiger partial charge in [-0.2, -0.15) is 0 Å². The number of hydrogen-bond donors (Lipinski definition) is 2. The zero-order valence-electron chi connectivity index (χ0n) is 16.1. The third-order valence-corrected chi connectivity index (χ3v) is 4.61. The highest BCUT2D eigenvalue weighted by Crippen LogP contribution is 2.20. The van der Waals surface area contributed by atoms with Crippen LogP contribution in [0.1, 0.15) is 49.7 Å². The van der Waals surface area contributed by atoms with Crippen molar-refractivity contribution in [2.24, 2.45) is 4.99 Å². The van der Waals surface area contributed by atoms with Crippen LogP contribution in [0.4, 0.5) is 0 Å². The van der Waals surface area contributed by atoms with E-state index in [0.29, 0.717) is 12.7 Å². The third-order valence-electron chi connectivity index (χ3n) is 4.61. The summed E-state index contributed by atoms with van der Waals surface area (Å²) in [6.45, 7) is 3.05. The Morgan fingerprint density at radius 1 is 1.12 bits per heavy atom. The second-order valence-corrected chi connectivity index (χ2v) is 6.54. The zero-order valence-corrected chi connectivity index (χ0v) is 18.5. The summed E-state index contributed by atoms with van der Waals surface area (Å²) >= 11 is 0. The maximum absolute atomic E-state index is 5.96. The van der Waals surface area contributed by atoms with Gasteiger partial charge in [0.05, 0.1) is 12.7 Å². The first kappa shape index (κ1) is 23.2. The summed E-state index contributed by atoms with van der Waals surface area (Å²) in [6, 6.07) is 8.30. The Balaban J connectivity index is 0.00000338. The number of nitrogens with one attached hydrogen (secondary N) is 2. The molecule has 1 aromatic carbocycles. The number of nitrogens with zero attached hydrogens (tertiary/aromatic N) is 1. The van der Waals surface area contributed by atoms with E-state index in [0.717, 1.165) is 32.1 Å². The highest BCUT2D eigenvalue weighted by Gasteiger charge is 2.13.